The molecule has 0 heterocycles. The van der Waals surface area contributed by atoms with Gasteiger partial charge in [0.1, 0.15) is 0 Å². The lowest BCUT2D eigenvalue weighted by atomic mass is 10.2. The number of nitrogens with zero attached hydrogens (tertiary/aromatic N) is 1. The van der Waals surface area contributed by atoms with E-state index >= 15 is 0 Å². The van der Waals surface area contributed by atoms with Crippen LogP contribution in [-0.4, -0.2) is 37.1 Å². The number of ether oxygens (including phenoxy) is 2. The van der Waals surface area contributed by atoms with E-state index in [9.17, 15) is 14.4 Å². The summed E-state index contributed by atoms with van der Waals surface area (Å²) in [6.07, 6.45) is 4.13. The first-order valence-electron chi connectivity index (χ1n) is 12.3. The van der Waals surface area contributed by atoms with Gasteiger partial charge in [-0.15, -0.1) is 0 Å². The summed E-state index contributed by atoms with van der Waals surface area (Å²) in [7, 11) is 0. The van der Waals surface area contributed by atoms with Crippen LogP contribution in [0.3, 0.4) is 0 Å². The van der Waals surface area contributed by atoms with Crippen molar-refractivity contribution in [2.75, 3.05) is 13.2 Å². The first-order valence-corrected chi connectivity index (χ1v) is 12.3. The van der Waals surface area contributed by atoms with E-state index in [2.05, 4.69) is 15.8 Å². The number of esters is 1. The minimum Gasteiger partial charge on any atom is -0.490 e. The van der Waals surface area contributed by atoms with E-state index in [1.807, 2.05) is 31.2 Å². The fourth-order valence-electron chi connectivity index (χ4n) is 3.41. The lowest BCUT2D eigenvalue weighted by Crippen LogP contribution is -2.24. The number of amides is 2. The van der Waals surface area contributed by atoms with E-state index in [1.165, 1.54) is 6.21 Å². The zero-order valence-electron chi connectivity index (χ0n) is 20.8. The fraction of sp³-hybridized carbons (Fsp3) is 0.241. The molecule has 0 bridgehead atoms. The minimum atomic E-state index is -0.478. The Labute approximate surface area is 216 Å². The Kier molecular flexibility index (Phi) is 10.9. The van der Waals surface area contributed by atoms with Crippen molar-refractivity contribution in [3.05, 3.63) is 95.6 Å². The monoisotopic (exact) mass is 501 g/mol. The molecule has 0 unspecified atom stereocenters. The number of hydrazone groups is 1. The van der Waals surface area contributed by atoms with E-state index < -0.39 is 5.97 Å². The molecule has 0 radical (unpaired) electrons. The number of nitrogens with one attached hydrogen (secondary N) is 2. The topological polar surface area (TPSA) is 106 Å². The third-order valence-electron chi connectivity index (χ3n) is 5.28. The Bertz CT molecular complexity index is 1200. The molecule has 192 valence electrons. The zero-order chi connectivity index (χ0) is 26.3. The van der Waals surface area contributed by atoms with Gasteiger partial charge in [-0.25, -0.2) is 10.2 Å². The van der Waals surface area contributed by atoms with Crippen molar-refractivity contribution >= 4 is 24.0 Å². The highest BCUT2D eigenvalue weighted by molar-refractivity contribution is 5.94. The maximum Gasteiger partial charge on any atom is 0.343 e. The lowest BCUT2D eigenvalue weighted by molar-refractivity contribution is -0.121. The molecule has 0 saturated heterocycles. The summed E-state index contributed by atoms with van der Waals surface area (Å²) in [4.78, 5) is 36.4. The summed E-state index contributed by atoms with van der Waals surface area (Å²) in [6, 6.07) is 22.8. The molecule has 37 heavy (non-hydrogen) atoms. The lowest BCUT2D eigenvalue weighted by Gasteiger charge is -2.11. The van der Waals surface area contributed by atoms with Crippen LogP contribution in [0.5, 0.6) is 11.5 Å². The van der Waals surface area contributed by atoms with Crippen molar-refractivity contribution in [2.24, 2.45) is 5.10 Å². The van der Waals surface area contributed by atoms with Gasteiger partial charge >= 0.3 is 5.97 Å². The van der Waals surface area contributed by atoms with Crippen LogP contribution in [0, 0.1) is 0 Å². The maximum absolute atomic E-state index is 12.4. The average Bonchev–Trinajstić information content (AvgIpc) is 2.93. The van der Waals surface area contributed by atoms with Crippen molar-refractivity contribution in [2.45, 2.75) is 32.6 Å². The predicted octanol–water partition coefficient (Wildman–Crippen LogP) is 4.75. The molecule has 8 nitrogen and oxygen atoms in total. The van der Waals surface area contributed by atoms with E-state index in [0.29, 0.717) is 54.2 Å². The van der Waals surface area contributed by atoms with E-state index in [0.717, 1.165) is 12.8 Å². The number of rotatable bonds is 13. The standard InChI is InChI=1S/C29H31N3O5/c1-2-36-26-20-22(17-18-25(26)37-29(35)24-14-8-4-9-15-24)21-31-32-27(33)16-10-5-11-19-30-28(34)23-12-6-3-7-13-23/h3-4,6-9,12-15,17-18,20-21H,2,5,10-11,16,19H2,1H3,(H,30,34)(H,32,33). The second-order valence-corrected chi connectivity index (χ2v) is 8.12. The molecule has 0 aliphatic rings. The highest BCUT2D eigenvalue weighted by atomic mass is 16.6. The van der Waals surface area contributed by atoms with Gasteiger partial charge in [-0.3, -0.25) is 9.59 Å². The van der Waals surface area contributed by atoms with Crippen LogP contribution in [0.1, 0.15) is 58.9 Å². The van der Waals surface area contributed by atoms with Gasteiger partial charge in [-0.2, -0.15) is 5.10 Å². The molecule has 0 fully saturated rings. The van der Waals surface area contributed by atoms with Gasteiger partial charge in [0.2, 0.25) is 5.91 Å². The quantitative estimate of drug-likeness (QED) is 0.116. The van der Waals surface area contributed by atoms with Crippen molar-refractivity contribution in [1.82, 2.24) is 10.7 Å². The molecule has 2 amide bonds. The zero-order valence-corrected chi connectivity index (χ0v) is 20.8. The second-order valence-electron chi connectivity index (χ2n) is 8.12. The fourth-order valence-corrected chi connectivity index (χ4v) is 3.41. The molecule has 0 saturated carbocycles. The number of carbonyl (C=O) groups excluding carboxylic acids is 3. The first-order chi connectivity index (χ1) is 18.1. The molecule has 3 aromatic carbocycles. The van der Waals surface area contributed by atoms with Crippen LogP contribution in [-0.2, 0) is 4.79 Å². The summed E-state index contributed by atoms with van der Waals surface area (Å²) in [5, 5.41) is 6.88. The Hall–Kier alpha value is -4.46. The van der Waals surface area contributed by atoms with Gasteiger partial charge in [-0.1, -0.05) is 42.8 Å². The van der Waals surface area contributed by atoms with Crippen LogP contribution >= 0.6 is 0 Å². The number of unbranched alkanes of at least 4 members (excludes halogenated alkanes) is 2. The van der Waals surface area contributed by atoms with Crippen LogP contribution in [0.15, 0.2) is 84.0 Å². The third-order valence-corrected chi connectivity index (χ3v) is 5.28. The van der Waals surface area contributed by atoms with E-state index in [1.54, 1.807) is 54.6 Å². The Morgan fingerprint density at radius 2 is 1.54 bits per heavy atom. The molecular weight excluding hydrogens is 470 g/mol. The molecule has 8 heteroatoms. The molecule has 0 atom stereocenters. The van der Waals surface area contributed by atoms with Gasteiger partial charge < -0.3 is 14.8 Å². The molecule has 0 spiro atoms. The van der Waals surface area contributed by atoms with E-state index in [-0.39, 0.29) is 11.8 Å². The SMILES string of the molecule is CCOc1cc(C=NNC(=O)CCCCCNC(=O)c2ccccc2)ccc1OC(=O)c1ccccc1. The molecule has 0 aliphatic heterocycles. The Morgan fingerprint density at radius 1 is 0.838 bits per heavy atom. The van der Waals surface area contributed by atoms with Crippen molar-refractivity contribution in [3.63, 3.8) is 0 Å². The van der Waals surface area contributed by atoms with Gasteiger partial charge in [-0.05, 0) is 67.8 Å². The average molecular weight is 502 g/mol. The normalized spacial score (nSPS) is 10.6. The molecule has 3 aromatic rings. The largest absolute Gasteiger partial charge is 0.490 e. The highest BCUT2D eigenvalue weighted by Crippen LogP contribution is 2.29. The van der Waals surface area contributed by atoms with Crippen LogP contribution in [0.4, 0.5) is 0 Å². The minimum absolute atomic E-state index is 0.0948. The molecule has 2 N–H and O–H groups in total. The summed E-state index contributed by atoms with van der Waals surface area (Å²) >= 11 is 0. The Balaban J connectivity index is 1.39. The van der Waals surface area contributed by atoms with Gasteiger partial charge in [0.05, 0.1) is 18.4 Å². The van der Waals surface area contributed by atoms with Gasteiger partial charge in [0, 0.05) is 18.5 Å². The number of hydrogen-bond donors (Lipinski definition) is 2. The maximum atomic E-state index is 12.4. The molecular formula is C29H31N3O5. The van der Waals surface area contributed by atoms with Crippen molar-refractivity contribution in [3.8, 4) is 11.5 Å². The molecule has 0 aromatic heterocycles. The van der Waals surface area contributed by atoms with Gasteiger partial charge in [0.25, 0.3) is 5.91 Å². The van der Waals surface area contributed by atoms with Crippen molar-refractivity contribution < 1.29 is 23.9 Å². The highest BCUT2D eigenvalue weighted by Gasteiger charge is 2.13. The van der Waals surface area contributed by atoms with Crippen LogP contribution in [0.25, 0.3) is 0 Å². The predicted molar refractivity (Wildman–Crippen MR) is 142 cm³/mol. The molecule has 3 rings (SSSR count). The van der Waals surface area contributed by atoms with Gasteiger partial charge in [0.15, 0.2) is 11.5 Å². The van der Waals surface area contributed by atoms with Crippen LogP contribution in [0.2, 0.25) is 0 Å². The smallest absolute Gasteiger partial charge is 0.343 e. The second kappa shape index (κ2) is 14.8. The summed E-state index contributed by atoms with van der Waals surface area (Å²) in [5.74, 6) is -0.0577. The summed E-state index contributed by atoms with van der Waals surface area (Å²) < 4.78 is 11.1. The summed E-state index contributed by atoms with van der Waals surface area (Å²) in [6.45, 7) is 2.79. The number of hydrogen-bond acceptors (Lipinski definition) is 6. The Morgan fingerprint density at radius 3 is 2.24 bits per heavy atom. The summed E-state index contributed by atoms with van der Waals surface area (Å²) in [5.41, 5.74) is 4.27. The number of benzene rings is 3. The third kappa shape index (κ3) is 9.25. The van der Waals surface area contributed by atoms with Crippen LogP contribution < -0.4 is 20.2 Å². The first kappa shape index (κ1) is 27.1. The van der Waals surface area contributed by atoms with Crippen molar-refractivity contribution in [1.29, 1.82) is 0 Å². The molecule has 0 aliphatic carbocycles. The number of carbonyl (C=O) groups is 3. The van der Waals surface area contributed by atoms with E-state index in [4.69, 9.17) is 9.47 Å².